The quantitative estimate of drug-likeness (QED) is 0.165. The summed E-state index contributed by atoms with van der Waals surface area (Å²) in [5.74, 6) is -1.38. The Kier molecular flexibility index (Phi) is 13.1. The predicted octanol–water partition coefficient (Wildman–Crippen LogP) is 4.54. The van der Waals surface area contributed by atoms with Crippen molar-refractivity contribution in [3.05, 3.63) is 82.7 Å². The number of hydrogen-bond acceptors (Lipinski definition) is 7. The number of aliphatic hydroxyl groups excluding tert-OH is 1. The topological polar surface area (TPSA) is 165 Å². The van der Waals surface area contributed by atoms with Crippen LogP contribution in [-0.2, 0) is 27.4 Å². The van der Waals surface area contributed by atoms with Crippen molar-refractivity contribution in [1.29, 1.82) is 5.39 Å². The van der Waals surface area contributed by atoms with E-state index in [0.29, 0.717) is 12.0 Å². The minimum absolute atomic E-state index is 0.0190. The average molecular weight is 567 g/mol. The number of phenols is 1. The molecule has 11 heteroatoms. The number of nitrogens with one attached hydrogen (secondary N) is 3. The molecule has 0 saturated heterocycles. The third-order valence-electron chi connectivity index (χ3n) is 6.11. The van der Waals surface area contributed by atoms with Gasteiger partial charge in [-0.1, -0.05) is 70.2 Å². The molecule has 2 aromatic carbocycles. The Balaban J connectivity index is 2.15. The van der Waals surface area contributed by atoms with Gasteiger partial charge in [0.25, 0.3) is 0 Å². The summed E-state index contributed by atoms with van der Waals surface area (Å²) in [6, 6.07) is 12.4. The number of rotatable bonds is 14. The van der Waals surface area contributed by atoms with Crippen molar-refractivity contribution < 1.29 is 29.3 Å². The van der Waals surface area contributed by atoms with Gasteiger partial charge in [-0.3, -0.25) is 9.59 Å². The van der Waals surface area contributed by atoms with Gasteiger partial charge in [-0.15, -0.1) is 0 Å². The summed E-state index contributed by atoms with van der Waals surface area (Å²) in [5.41, 5.74) is 1.49. The molecule has 2 aromatic rings. The standard InChI is InChI=1S/C30H39N5O6/c1-19(2)14-25(28(38)33-24(27(37)17-32-31)16-21-10-12-23(36)13-11-21)34-29(39)26(15-20(3)4)35-30(40)41-18-22-8-6-5-7-9-22/h5-13,17,19-20,24-26H,14-16,18H2,1-4H3,(H4-,33,34,35,36,37,38,39,40)/p+1/b27-17-/t24-,25-,26-/m0/s1. The van der Waals surface area contributed by atoms with Crippen LogP contribution in [0.5, 0.6) is 5.75 Å². The Labute approximate surface area is 240 Å². The van der Waals surface area contributed by atoms with E-state index in [9.17, 15) is 24.6 Å². The maximum absolute atomic E-state index is 13.4. The number of ether oxygens (including phenoxy) is 1. The lowest BCUT2D eigenvalue weighted by molar-refractivity contribution is -0.130. The number of carbonyl (C=O) groups is 3. The maximum atomic E-state index is 13.4. The molecule has 2 rings (SSSR count). The first-order valence-electron chi connectivity index (χ1n) is 13.6. The van der Waals surface area contributed by atoms with E-state index in [-0.39, 0.29) is 37.0 Å². The number of hydrogen-bond donors (Lipinski definition) is 5. The predicted molar refractivity (Wildman–Crippen MR) is 154 cm³/mol. The first kappa shape index (κ1) is 32.6. The number of alkyl carbamates (subject to hydrolysis) is 1. The minimum atomic E-state index is -0.986. The van der Waals surface area contributed by atoms with Crippen molar-refractivity contribution in [1.82, 2.24) is 16.0 Å². The summed E-state index contributed by atoms with van der Waals surface area (Å²) >= 11 is 0. The van der Waals surface area contributed by atoms with E-state index in [4.69, 9.17) is 10.1 Å². The second kappa shape index (κ2) is 16.5. The molecule has 0 aliphatic carbocycles. The highest BCUT2D eigenvalue weighted by molar-refractivity contribution is 5.91. The molecule has 0 aliphatic rings. The van der Waals surface area contributed by atoms with Gasteiger partial charge in [-0.25, -0.2) is 4.79 Å². The number of aliphatic hydroxyl groups is 1. The Morgan fingerprint density at radius 3 is 1.90 bits per heavy atom. The summed E-state index contributed by atoms with van der Waals surface area (Å²) in [6.45, 7) is 7.65. The number of phenolic OH excluding ortho intramolecular Hbond substituents is 1. The highest BCUT2D eigenvalue weighted by Crippen LogP contribution is 2.15. The number of diazo groups is 1. The molecule has 0 heterocycles. The smallest absolute Gasteiger partial charge is 0.408 e. The molecule has 0 unspecified atom stereocenters. The molecule has 0 fully saturated rings. The van der Waals surface area contributed by atoms with Gasteiger partial charge in [0.2, 0.25) is 23.0 Å². The van der Waals surface area contributed by atoms with Crippen molar-refractivity contribution in [3.8, 4) is 5.75 Å². The fourth-order valence-corrected chi connectivity index (χ4v) is 4.10. The van der Waals surface area contributed by atoms with E-state index >= 15 is 0 Å². The molecule has 220 valence electrons. The van der Waals surface area contributed by atoms with Crippen molar-refractivity contribution >= 4 is 17.9 Å². The van der Waals surface area contributed by atoms with E-state index < -0.39 is 41.8 Å². The lowest BCUT2D eigenvalue weighted by Gasteiger charge is -2.26. The lowest BCUT2D eigenvalue weighted by atomic mass is 9.99. The summed E-state index contributed by atoms with van der Waals surface area (Å²) in [5, 5.41) is 37.0. The Bertz CT molecular complexity index is 1210. The SMILES string of the molecule is CC(C)C[C@H](NC(=O)OCc1ccccc1)C(=O)N[C@@H](CC(C)C)C(=O)N[C@@H](Cc1ccc(O)cc1)/C(O)=C/[N+]#N. The second-order valence-electron chi connectivity index (χ2n) is 10.7. The zero-order valence-corrected chi connectivity index (χ0v) is 23.9. The molecule has 0 aromatic heterocycles. The van der Waals surface area contributed by atoms with Crippen LogP contribution in [-0.4, -0.2) is 46.2 Å². The van der Waals surface area contributed by atoms with Gasteiger partial charge in [-0.2, -0.15) is 0 Å². The Morgan fingerprint density at radius 1 is 0.829 bits per heavy atom. The van der Waals surface area contributed by atoms with Crippen LogP contribution in [0, 0.1) is 17.2 Å². The van der Waals surface area contributed by atoms with Crippen LogP contribution in [0.2, 0.25) is 0 Å². The molecular formula is C30H40N5O6+. The number of nitrogens with zero attached hydrogens (tertiary/aromatic N) is 2. The van der Waals surface area contributed by atoms with Crippen molar-refractivity contribution in [3.63, 3.8) is 0 Å². The average Bonchev–Trinajstić information content (AvgIpc) is 2.92. The number of amides is 3. The van der Waals surface area contributed by atoms with Crippen LogP contribution in [0.1, 0.15) is 51.7 Å². The van der Waals surface area contributed by atoms with Crippen LogP contribution in [0.25, 0.3) is 4.98 Å². The van der Waals surface area contributed by atoms with Crippen LogP contribution < -0.4 is 16.0 Å². The normalized spacial score (nSPS) is 13.5. The van der Waals surface area contributed by atoms with Crippen molar-refractivity contribution in [2.24, 2.45) is 11.8 Å². The molecule has 0 saturated carbocycles. The molecule has 41 heavy (non-hydrogen) atoms. The summed E-state index contributed by atoms with van der Waals surface area (Å²) in [7, 11) is 0. The first-order valence-corrected chi connectivity index (χ1v) is 13.6. The molecule has 0 bridgehead atoms. The molecule has 0 spiro atoms. The molecule has 11 nitrogen and oxygen atoms in total. The van der Waals surface area contributed by atoms with Crippen LogP contribution in [0.15, 0.2) is 66.6 Å². The summed E-state index contributed by atoms with van der Waals surface area (Å²) in [6.07, 6.45) is 0.775. The highest BCUT2D eigenvalue weighted by atomic mass is 16.5. The Morgan fingerprint density at radius 2 is 1.37 bits per heavy atom. The van der Waals surface area contributed by atoms with Gasteiger partial charge in [-0.05, 0) is 47.9 Å². The molecule has 0 radical (unpaired) electrons. The van der Waals surface area contributed by atoms with Crippen LogP contribution in [0.3, 0.4) is 0 Å². The fraction of sp³-hybridized carbons (Fsp3) is 0.433. The first-order chi connectivity index (χ1) is 19.5. The highest BCUT2D eigenvalue weighted by Gasteiger charge is 2.30. The van der Waals surface area contributed by atoms with Crippen molar-refractivity contribution in [2.75, 3.05) is 0 Å². The molecular weight excluding hydrogens is 526 g/mol. The minimum Gasteiger partial charge on any atom is -0.508 e. The third-order valence-corrected chi connectivity index (χ3v) is 6.11. The van der Waals surface area contributed by atoms with Crippen molar-refractivity contribution in [2.45, 2.75) is 71.7 Å². The van der Waals surface area contributed by atoms with Crippen LogP contribution >= 0.6 is 0 Å². The summed E-state index contributed by atoms with van der Waals surface area (Å²) < 4.78 is 5.28. The van der Waals surface area contributed by atoms with E-state index in [2.05, 4.69) is 20.9 Å². The molecule has 5 N–H and O–H groups in total. The fourth-order valence-electron chi connectivity index (χ4n) is 4.10. The number of benzene rings is 2. The van der Waals surface area contributed by atoms with Gasteiger partial charge in [0.05, 0.1) is 6.04 Å². The van der Waals surface area contributed by atoms with E-state index in [1.807, 2.05) is 58.0 Å². The van der Waals surface area contributed by atoms with E-state index in [0.717, 1.165) is 11.8 Å². The number of aromatic hydroxyl groups is 1. The lowest BCUT2D eigenvalue weighted by Crippen LogP contribution is -2.55. The maximum Gasteiger partial charge on any atom is 0.408 e. The van der Waals surface area contributed by atoms with Gasteiger partial charge < -0.3 is 30.9 Å². The molecule has 3 amide bonds. The van der Waals surface area contributed by atoms with Gasteiger partial charge in [0, 0.05) is 6.42 Å². The van der Waals surface area contributed by atoms with E-state index in [1.165, 1.54) is 12.1 Å². The van der Waals surface area contributed by atoms with Crippen LogP contribution in [0.4, 0.5) is 4.79 Å². The second-order valence-corrected chi connectivity index (χ2v) is 10.7. The summed E-state index contributed by atoms with van der Waals surface area (Å²) in [4.78, 5) is 42.1. The zero-order chi connectivity index (χ0) is 30.4. The largest absolute Gasteiger partial charge is 0.508 e. The zero-order valence-electron chi connectivity index (χ0n) is 23.9. The van der Waals surface area contributed by atoms with Gasteiger partial charge >= 0.3 is 12.3 Å². The third kappa shape index (κ3) is 12.0. The molecule has 0 aliphatic heterocycles. The van der Waals surface area contributed by atoms with E-state index in [1.54, 1.807) is 12.1 Å². The van der Waals surface area contributed by atoms with Gasteiger partial charge in [0.15, 0.2) is 4.98 Å². The Hall–Kier alpha value is -4.59. The van der Waals surface area contributed by atoms with Gasteiger partial charge in [0.1, 0.15) is 24.4 Å². The number of carbonyl (C=O) groups excluding carboxylic acids is 3. The monoisotopic (exact) mass is 566 g/mol. The molecule has 3 atom stereocenters.